The van der Waals surface area contributed by atoms with Crippen LogP contribution in [0.3, 0.4) is 0 Å². The van der Waals surface area contributed by atoms with Crippen LogP contribution in [0.2, 0.25) is 0 Å². The van der Waals surface area contributed by atoms with Gasteiger partial charge in [-0.05, 0) is 25.5 Å². The first kappa shape index (κ1) is 20.8. The fourth-order valence-electron chi connectivity index (χ4n) is 1.56. The number of aldehydes is 1. The van der Waals surface area contributed by atoms with Gasteiger partial charge >= 0.3 is 0 Å². The van der Waals surface area contributed by atoms with E-state index >= 15 is 0 Å². The normalized spacial score (nSPS) is 10.3. The SMILES string of the molecule is CC.CCNC(C=O)Cc1ccc(C(C)=O)cc1.CO. The number of carbonyl (C=O) groups is 2. The lowest BCUT2D eigenvalue weighted by Gasteiger charge is -2.10. The number of aliphatic hydroxyl groups excluding tert-OH is 1. The molecule has 1 aromatic rings. The number of Topliss-reactive ketones (excluding diaryl/α,β-unsaturated/α-hetero) is 1. The van der Waals surface area contributed by atoms with Crippen LogP contribution in [0.5, 0.6) is 0 Å². The van der Waals surface area contributed by atoms with Crippen LogP contribution >= 0.6 is 0 Å². The van der Waals surface area contributed by atoms with Crippen LogP contribution < -0.4 is 5.32 Å². The van der Waals surface area contributed by atoms with Crippen LogP contribution in [0.15, 0.2) is 24.3 Å². The van der Waals surface area contributed by atoms with E-state index in [9.17, 15) is 9.59 Å². The van der Waals surface area contributed by atoms with Gasteiger partial charge in [0, 0.05) is 12.7 Å². The number of carbonyl (C=O) groups excluding carboxylic acids is 2. The highest BCUT2D eigenvalue weighted by Gasteiger charge is 2.06. The van der Waals surface area contributed by atoms with Crippen LogP contribution in [-0.2, 0) is 11.2 Å². The van der Waals surface area contributed by atoms with Gasteiger partial charge < -0.3 is 15.2 Å². The average Bonchev–Trinajstić information content (AvgIpc) is 2.51. The third kappa shape index (κ3) is 8.56. The second kappa shape index (κ2) is 13.9. The van der Waals surface area contributed by atoms with E-state index in [4.69, 9.17) is 5.11 Å². The Morgan fingerprint density at radius 2 is 1.75 bits per heavy atom. The maximum absolute atomic E-state index is 11.1. The highest BCUT2D eigenvalue weighted by molar-refractivity contribution is 5.94. The van der Waals surface area contributed by atoms with E-state index in [0.29, 0.717) is 12.0 Å². The molecule has 0 heterocycles. The third-order valence-corrected chi connectivity index (χ3v) is 2.45. The number of benzene rings is 1. The van der Waals surface area contributed by atoms with Gasteiger partial charge in [-0.25, -0.2) is 0 Å². The van der Waals surface area contributed by atoms with E-state index in [1.54, 1.807) is 19.1 Å². The highest BCUT2D eigenvalue weighted by atomic mass is 16.2. The molecule has 0 fully saturated rings. The maximum atomic E-state index is 11.1. The summed E-state index contributed by atoms with van der Waals surface area (Å²) in [4.78, 5) is 21.8. The molecule has 0 radical (unpaired) electrons. The molecule has 2 N–H and O–H groups in total. The van der Waals surface area contributed by atoms with Gasteiger partial charge in [0.05, 0.1) is 6.04 Å². The molecule has 0 amide bonds. The van der Waals surface area contributed by atoms with Gasteiger partial charge in [-0.2, -0.15) is 0 Å². The highest BCUT2D eigenvalue weighted by Crippen LogP contribution is 2.07. The van der Waals surface area contributed by atoms with Crippen molar-refractivity contribution in [2.45, 2.75) is 40.2 Å². The monoisotopic (exact) mass is 281 g/mol. The molecule has 0 saturated heterocycles. The fourth-order valence-corrected chi connectivity index (χ4v) is 1.56. The number of hydrogen-bond acceptors (Lipinski definition) is 4. The molecule has 4 nitrogen and oxygen atoms in total. The summed E-state index contributed by atoms with van der Waals surface area (Å²) in [5.41, 5.74) is 1.76. The third-order valence-electron chi connectivity index (χ3n) is 2.45. The van der Waals surface area contributed by atoms with Gasteiger partial charge in [0.1, 0.15) is 6.29 Å². The summed E-state index contributed by atoms with van der Waals surface area (Å²) >= 11 is 0. The van der Waals surface area contributed by atoms with E-state index in [0.717, 1.165) is 25.5 Å². The number of rotatable bonds is 6. The van der Waals surface area contributed by atoms with Crippen molar-refractivity contribution in [3.05, 3.63) is 35.4 Å². The van der Waals surface area contributed by atoms with Crippen molar-refractivity contribution in [1.29, 1.82) is 0 Å². The van der Waals surface area contributed by atoms with Crippen molar-refractivity contribution in [3.8, 4) is 0 Å². The van der Waals surface area contributed by atoms with Gasteiger partial charge in [-0.1, -0.05) is 45.0 Å². The number of ketones is 1. The molecule has 1 atom stereocenters. The van der Waals surface area contributed by atoms with Gasteiger partial charge in [0.25, 0.3) is 0 Å². The zero-order valence-corrected chi connectivity index (χ0v) is 13.1. The molecular formula is C16H27NO3. The van der Waals surface area contributed by atoms with Crippen molar-refractivity contribution in [3.63, 3.8) is 0 Å². The van der Waals surface area contributed by atoms with E-state index in [1.165, 1.54) is 0 Å². The molecule has 1 aromatic carbocycles. The largest absolute Gasteiger partial charge is 0.400 e. The Bertz CT molecular complexity index is 360. The quantitative estimate of drug-likeness (QED) is 0.620. The summed E-state index contributed by atoms with van der Waals surface area (Å²) in [5.74, 6) is 0.0603. The molecule has 1 unspecified atom stereocenters. The molecule has 0 aliphatic heterocycles. The first-order valence-electron chi connectivity index (χ1n) is 6.90. The molecular weight excluding hydrogens is 254 g/mol. The molecule has 4 heteroatoms. The minimum absolute atomic E-state index is 0.0603. The van der Waals surface area contributed by atoms with Crippen LogP contribution in [0, 0.1) is 0 Å². The summed E-state index contributed by atoms with van der Waals surface area (Å²) in [5, 5.41) is 10.1. The fraction of sp³-hybridized carbons (Fsp3) is 0.500. The number of aliphatic hydroxyl groups is 1. The molecule has 20 heavy (non-hydrogen) atoms. The first-order chi connectivity index (χ1) is 9.67. The van der Waals surface area contributed by atoms with E-state index < -0.39 is 0 Å². The number of likely N-dealkylation sites (N-methyl/N-ethyl adjacent to an activating group) is 1. The van der Waals surface area contributed by atoms with E-state index in [-0.39, 0.29) is 11.8 Å². The Balaban J connectivity index is 0. The molecule has 114 valence electrons. The van der Waals surface area contributed by atoms with Gasteiger partial charge in [-0.15, -0.1) is 0 Å². The van der Waals surface area contributed by atoms with Crippen LogP contribution in [0.1, 0.15) is 43.6 Å². The van der Waals surface area contributed by atoms with Crippen molar-refractivity contribution < 1.29 is 14.7 Å². The van der Waals surface area contributed by atoms with Gasteiger partial charge in [0.2, 0.25) is 0 Å². The topological polar surface area (TPSA) is 66.4 Å². The van der Waals surface area contributed by atoms with Gasteiger partial charge in [0.15, 0.2) is 5.78 Å². The molecule has 0 saturated carbocycles. The maximum Gasteiger partial charge on any atom is 0.159 e. The first-order valence-corrected chi connectivity index (χ1v) is 6.90. The summed E-state index contributed by atoms with van der Waals surface area (Å²) in [6, 6.07) is 7.24. The summed E-state index contributed by atoms with van der Waals surface area (Å²) in [7, 11) is 1.00. The van der Waals surface area contributed by atoms with Crippen LogP contribution in [0.25, 0.3) is 0 Å². The standard InChI is InChI=1S/C13H17NO2.C2H6.CH4O/c1-3-14-13(9-15)8-11-4-6-12(7-5-11)10(2)16;2*1-2/h4-7,9,13-14H,3,8H2,1-2H3;1-2H3;2H,1H3. The van der Waals surface area contributed by atoms with Crippen LogP contribution in [-0.4, -0.2) is 36.9 Å². The number of hydrogen-bond donors (Lipinski definition) is 2. The summed E-state index contributed by atoms with van der Waals surface area (Å²) in [6.45, 7) is 8.28. The molecule has 1 rings (SSSR count). The summed E-state index contributed by atoms with van der Waals surface area (Å²) in [6.07, 6.45) is 1.58. The Morgan fingerprint density at radius 3 is 2.10 bits per heavy atom. The predicted octanol–water partition coefficient (Wildman–Crippen LogP) is 2.24. The minimum Gasteiger partial charge on any atom is -0.400 e. The average molecular weight is 281 g/mol. The van der Waals surface area contributed by atoms with Crippen molar-refractivity contribution in [2.75, 3.05) is 13.7 Å². The number of nitrogens with one attached hydrogen (secondary N) is 1. The lowest BCUT2D eigenvalue weighted by Crippen LogP contribution is -2.32. The van der Waals surface area contributed by atoms with Crippen LogP contribution in [0.4, 0.5) is 0 Å². The second-order valence-corrected chi connectivity index (χ2v) is 3.76. The predicted molar refractivity (Wildman–Crippen MR) is 83.2 cm³/mol. The van der Waals surface area contributed by atoms with E-state index in [2.05, 4.69) is 5.32 Å². The Kier molecular flexibility index (Phi) is 14.5. The Morgan fingerprint density at radius 1 is 1.25 bits per heavy atom. The molecule has 0 spiro atoms. The molecule has 0 bridgehead atoms. The Hall–Kier alpha value is -1.52. The molecule has 0 aliphatic rings. The minimum atomic E-state index is -0.145. The molecule has 0 aliphatic carbocycles. The van der Waals surface area contributed by atoms with Crippen molar-refractivity contribution in [1.82, 2.24) is 5.32 Å². The zero-order chi connectivity index (χ0) is 16.0. The lowest BCUT2D eigenvalue weighted by molar-refractivity contribution is -0.109. The van der Waals surface area contributed by atoms with Gasteiger partial charge in [-0.3, -0.25) is 4.79 Å². The van der Waals surface area contributed by atoms with E-state index in [1.807, 2.05) is 32.9 Å². The summed E-state index contributed by atoms with van der Waals surface area (Å²) < 4.78 is 0. The smallest absolute Gasteiger partial charge is 0.159 e. The van der Waals surface area contributed by atoms with Crippen molar-refractivity contribution >= 4 is 12.1 Å². The second-order valence-electron chi connectivity index (χ2n) is 3.76. The Labute approximate surface area is 122 Å². The lowest BCUT2D eigenvalue weighted by atomic mass is 10.0. The molecule has 0 aromatic heterocycles. The zero-order valence-electron chi connectivity index (χ0n) is 13.1. The van der Waals surface area contributed by atoms with Crippen molar-refractivity contribution in [2.24, 2.45) is 0 Å².